The smallest absolute Gasteiger partial charge is 0.267 e. The predicted octanol–water partition coefficient (Wildman–Crippen LogP) is 2.93. The van der Waals surface area contributed by atoms with Crippen molar-refractivity contribution in [3.63, 3.8) is 0 Å². The topological polar surface area (TPSA) is 117 Å². The van der Waals surface area contributed by atoms with E-state index in [1.165, 1.54) is 12.3 Å². The molecule has 2 aromatic carbocycles. The number of aromatic nitrogens is 1. The molecule has 0 aliphatic rings. The molecule has 0 unspecified atom stereocenters. The van der Waals surface area contributed by atoms with Crippen LogP contribution >= 0.6 is 0 Å². The van der Waals surface area contributed by atoms with E-state index in [9.17, 15) is 18.0 Å². The Morgan fingerprint density at radius 1 is 0.848 bits per heavy atom. The minimum atomic E-state index is -3.67. The van der Waals surface area contributed by atoms with Crippen molar-refractivity contribution in [3.8, 4) is 0 Å². The minimum Gasteiger partial charge on any atom is -0.267 e. The lowest BCUT2D eigenvalue weighted by Gasteiger charge is -2.19. The number of pyridine rings is 1. The van der Waals surface area contributed by atoms with Crippen LogP contribution in [0.2, 0.25) is 0 Å². The third kappa shape index (κ3) is 6.47. The summed E-state index contributed by atoms with van der Waals surface area (Å²) in [6.07, 6.45) is 1.48. The van der Waals surface area contributed by atoms with E-state index in [0.29, 0.717) is 11.1 Å². The largest absolute Gasteiger partial charge is 0.288 e. The number of rotatable bonds is 6. The number of hydrazine groups is 1. The number of carbonyl (C=O) groups is 2. The van der Waals surface area contributed by atoms with Gasteiger partial charge in [0.2, 0.25) is 10.0 Å². The Hall–Kier alpha value is -3.56. The number of nitrogens with zero attached hydrogens (tertiary/aromatic N) is 1. The molecule has 0 saturated heterocycles. The van der Waals surface area contributed by atoms with Gasteiger partial charge in [0, 0.05) is 18.3 Å². The monoisotopic (exact) mass is 466 g/mol. The van der Waals surface area contributed by atoms with Crippen LogP contribution in [0.15, 0.2) is 77.8 Å². The zero-order valence-electron chi connectivity index (χ0n) is 18.6. The molecule has 0 radical (unpaired) electrons. The van der Waals surface area contributed by atoms with Crippen LogP contribution in [0.1, 0.15) is 52.7 Å². The number of benzene rings is 2. The average molecular weight is 467 g/mol. The van der Waals surface area contributed by atoms with Gasteiger partial charge in [-0.2, -0.15) is 0 Å². The molecule has 2 amide bonds. The highest BCUT2D eigenvalue weighted by Gasteiger charge is 2.17. The summed E-state index contributed by atoms with van der Waals surface area (Å²) in [5.74, 6) is -1.05. The van der Waals surface area contributed by atoms with Gasteiger partial charge in [-0.25, -0.2) is 13.1 Å². The summed E-state index contributed by atoms with van der Waals surface area (Å²) in [6.45, 7) is 6.26. The lowest BCUT2D eigenvalue weighted by Crippen LogP contribution is -2.41. The van der Waals surface area contributed by atoms with Crippen molar-refractivity contribution in [2.75, 3.05) is 0 Å². The Labute approximate surface area is 193 Å². The first-order valence-electron chi connectivity index (χ1n) is 10.3. The Kier molecular flexibility index (Phi) is 7.25. The van der Waals surface area contributed by atoms with E-state index in [1.54, 1.807) is 48.5 Å². The molecule has 0 aliphatic heterocycles. The van der Waals surface area contributed by atoms with Crippen LogP contribution < -0.4 is 15.6 Å². The van der Waals surface area contributed by atoms with Crippen molar-refractivity contribution in [2.24, 2.45) is 0 Å². The summed E-state index contributed by atoms with van der Waals surface area (Å²) in [4.78, 5) is 28.3. The summed E-state index contributed by atoms with van der Waals surface area (Å²) in [5.41, 5.74) is 6.76. The lowest BCUT2D eigenvalue weighted by atomic mass is 9.87. The second-order valence-electron chi connectivity index (χ2n) is 8.42. The molecule has 0 atom stereocenters. The second kappa shape index (κ2) is 9.93. The van der Waals surface area contributed by atoms with E-state index >= 15 is 0 Å². The fourth-order valence-electron chi connectivity index (χ4n) is 2.92. The predicted molar refractivity (Wildman–Crippen MR) is 125 cm³/mol. The Bertz CT molecular complexity index is 1220. The van der Waals surface area contributed by atoms with Gasteiger partial charge in [-0.05, 0) is 52.9 Å². The number of carbonyl (C=O) groups excluding carboxylic acids is 2. The molecule has 9 heteroatoms. The molecular formula is C24H26N4O4S. The Balaban J connectivity index is 1.55. The van der Waals surface area contributed by atoms with Gasteiger partial charge >= 0.3 is 0 Å². The molecule has 172 valence electrons. The van der Waals surface area contributed by atoms with Gasteiger partial charge in [-0.15, -0.1) is 0 Å². The van der Waals surface area contributed by atoms with Gasteiger partial charge in [-0.3, -0.25) is 25.4 Å². The lowest BCUT2D eigenvalue weighted by molar-refractivity contribution is 0.0844. The maximum Gasteiger partial charge on any atom is 0.288 e. The number of nitrogens with one attached hydrogen (secondary N) is 3. The van der Waals surface area contributed by atoms with Crippen molar-refractivity contribution in [2.45, 2.75) is 37.6 Å². The van der Waals surface area contributed by atoms with Gasteiger partial charge in [0.05, 0.1) is 4.90 Å². The van der Waals surface area contributed by atoms with Crippen molar-refractivity contribution >= 4 is 21.8 Å². The molecule has 0 spiro atoms. The third-order valence-electron chi connectivity index (χ3n) is 4.90. The highest BCUT2D eigenvalue weighted by Crippen LogP contribution is 2.23. The molecule has 0 bridgehead atoms. The van der Waals surface area contributed by atoms with Crippen LogP contribution in [0.3, 0.4) is 0 Å². The molecule has 3 aromatic rings. The van der Waals surface area contributed by atoms with Gasteiger partial charge in [0.25, 0.3) is 11.8 Å². The normalized spacial score (nSPS) is 11.6. The molecule has 0 fully saturated rings. The molecule has 0 saturated carbocycles. The molecule has 1 heterocycles. The van der Waals surface area contributed by atoms with E-state index < -0.39 is 21.8 Å². The zero-order valence-corrected chi connectivity index (χ0v) is 19.4. The highest BCUT2D eigenvalue weighted by molar-refractivity contribution is 7.89. The molecule has 0 aliphatic carbocycles. The van der Waals surface area contributed by atoms with Crippen LogP contribution in [-0.4, -0.2) is 25.2 Å². The first-order chi connectivity index (χ1) is 15.6. The standard InChI is InChI=1S/C24H26N4O4S/c1-24(2,3)19-11-13-20(14-12-19)33(31,32)26-16-17-7-9-18(10-8-17)22(29)27-28-23(30)21-6-4-5-15-25-21/h4-15,26H,16H2,1-3H3,(H,27,29)(H,28,30). The molecule has 3 N–H and O–H groups in total. The molecule has 1 aromatic heterocycles. The van der Waals surface area contributed by atoms with Crippen LogP contribution in [0.4, 0.5) is 0 Å². The SMILES string of the molecule is CC(C)(C)c1ccc(S(=O)(=O)NCc2ccc(C(=O)NNC(=O)c3ccccn3)cc2)cc1. The van der Waals surface area contributed by atoms with Crippen LogP contribution in [0.5, 0.6) is 0 Å². The quantitative estimate of drug-likeness (QED) is 0.483. The fourth-order valence-corrected chi connectivity index (χ4v) is 3.93. The third-order valence-corrected chi connectivity index (χ3v) is 6.32. The summed E-state index contributed by atoms with van der Waals surface area (Å²) >= 11 is 0. The molecule has 8 nitrogen and oxygen atoms in total. The molecule has 33 heavy (non-hydrogen) atoms. The van der Waals surface area contributed by atoms with Crippen molar-refractivity contribution < 1.29 is 18.0 Å². The number of amides is 2. The van der Waals surface area contributed by atoms with E-state index in [4.69, 9.17) is 0 Å². The van der Waals surface area contributed by atoms with E-state index in [0.717, 1.165) is 5.56 Å². The van der Waals surface area contributed by atoms with Crippen LogP contribution in [0, 0.1) is 0 Å². The van der Waals surface area contributed by atoms with Crippen LogP contribution in [-0.2, 0) is 22.0 Å². The van der Waals surface area contributed by atoms with Crippen molar-refractivity contribution in [3.05, 3.63) is 95.3 Å². The van der Waals surface area contributed by atoms with E-state index in [1.807, 2.05) is 12.1 Å². The van der Waals surface area contributed by atoms with Gasteiger partial charge in [0.1, 0.15) is 5.69 Å². The first kappa shape index (κ1) is 24.1. The molecule has 3 rings (SSSR count). The van der Waals surface area contributed by atoms with Gasteiger partial charge in [0.15, 0.2) is 0 Å². The number of hydrogen-bond donors (Lipinski definition) is 3. The maximum atomic E-state index is 12.6. The maximum absolute atomic E-state index is 12.6. The van der Waals surface area contributed by atoms with Gasteiger partial charge in [-0.1, -0.05) is 51.1 Å². The Morgan fingerprint density at radius 3 is 2.06 bits per heavy atom. The highest BCUT2D eigenvalue weighted by atomic mass is 32.2. The number of sulfonamides is 1. The molecular weight excluding hydrogens is 440 g/mol. The second-order valence-corrected chi connectivity index (χ2v) is 10.2. The Morgan fingerprint density at radius 2 is 1.48 bits per heavy atom. The summed E-state index contributed by atoms with van der Waals surface area (Å²) in [7, 11) is -3.67. The first-order valence-corrected chi connectivity index (χ1v) is 11.8. The van der Waals surface area contributed by atoms with Crippen molar-refractivity contribution in [1.29, 1.82) is 0 Å². The fraction of sp³-hybridized carbons (Fsp3) is 0.208. The van der Waals surface area contributed by atoms with E-state index in [-0.39, 0.29) is 22.5 Å². The van der Waals surface area contributed by atoms with Crippen LogP contribution in [0.25, 0.3) is 0 Å². The summed E-state index contributed by atoms with van der Waals surface area (Å²) < 4.78 is 27.7. The minimum absolute atomic E-state index is 0.0645. The summed E-state index contributed by atoms with van der Waals surface area (Å²) in [5, 5.41) is 0. The van der Waals surface area contributed by atoms with E-state index in [2.05, 4.69) is 41.3 Å². The van der Waals surface area contributed by atoms with Crippen molar-refractivity contribution in [1.82, 2.24) is 20.6 Å². The number of hydrogen-bond acceptors (Lipinski definition) is 5. The van der Waals surface area contributed by atoms with Gasteiger partial charge < -0.3 is 0 Å². The average Bonchev–Trinajstić information content (AvgIpc) is 2.81. The summed E-state index contributed by atoms with van der Waals surface area (Å²) in [6, 6.07) is 18.1. The zero-order chi connectivity index (χ0) is 24.1.